The third-order valence-electron chi connectivity index (χ3n) is 5.47. The van der Waals surface area contributed by atoms with Gasteiger partial charge in [-0.2, -0.15) is 0 Å². The zero-order valence-electron chi connectivity index (χ0n) is 21.0. The molecule has 11 heteroatoms. The Morgan fingerprint density at radius 2 is 1.64 bits per heavy atom. The molecule has 0 radical (unpaired) electrons. The van der Waals surface area contributed by atoms with Crippen LogP contribution in [0.1, 0.15) is 12.5 Å². The average Bonchev–Trinajstić information content (AvgIpc) is 2.91. The number of urea groups is 1. The lowest BCUT2D eigenvalue weighted by atomic mass is 10.1. The highest BCUT2D eigenvalue weighted by molar-refractivity contribution is 9.10. The van der Waals surface area contributed by atoms with Crippen LogP contribution in [0.15, 0.2) is 76.8 Å². The first-order chi connectivity index (χ1) is 18.7. The SMILES string of the molecule is COc1cc(/C=C2/C(=O)NC(=O)N(c3ccc(Br)cc3)C2=O)ccc1OCCOc1ccc(NC(C)=O)cc1. The van der Waals surface area contributed by atoms with E-state index in [0.29, 0.717) is 34.2 Å². The van der Waals surface area contributed by atoms with Gasteiger partial charge in [-0.25, -0.2) is 9.69 Å². The Hall–Kier alpha value is -4.64. The second-order valence-corrected chi connectivity index (χ2v) is 9.16. The summed E-state index contributed by atoms with van der Waals surface area (Å²) >= 11 is 3.31. The summed E-state index contributed by atoms with van der Waals surface area (Å²) in [5, 5.41) is 4.89. The molecule has 1 aliphatic rings. The molecule has 2 N–H and O–H groups in total. The molecule has 0 aromatic heterocycles. The van der Waals surface area contributed by atoms with Gasteiger partial charge in [0, 0.05) is 17.1 Å². The lowest BCUT2D eigenvalue weighted by molar-refractivity contribution is -0.122. The molecule has 0 unspecified atom stereocenters. The van der Waals surface area contributed by atoms with E-state index < -0.39 is 17.8 Å². The Bertz CT molecular complexity index is 1440. The number of nitrogens with zero attached hydrogens (tertiary/aromatic N) is 1. The predicted octanol–water partition coefficient (Wildman–Crippen LogP) is 4.54. The first-order valence-corrected chi connectivity index (χ1v) is 12.5. The number of barbiturate groups is 1. The van der Waals surface area contributed by atoms with Gasteiger partial charge < -0.3 is 19.5 Å². The van der Waals surface area contributed by atoms with E-state index in [2.05, 4.69) is 26.6 Å². The van der Waals surface area contributed by atoms with Crippen molar-refractivity contribution in [3.63, 3.8) is 0 Å². The Balaban J connectivity index is 1.42. The lowest BCUT2D eigenvalue weighted by Crippen LogP contribution is -2.54. The molecule has 0 atom stereocenters. The van der Waals surface area contributed by atoms with Crippen LogP contribution in [0.4, 0.5) is 16.2 Å². The highest BCUT2D eigenvalue weighted by atomic mass is 79.9. The third-order valence-corrected chi connectivity index (χ3v) is 6.00. The highest BCUT2D eigenvalue weighted by Gasteiger charge is 2.36. The summed E-state index contributed by atoms with van der Waals surface area (Å²) in [6.07, 6.45) is 1.38. The quantitative estimate of drug-likeness (QED) is 0.212. The minimum Gasteiger partial charge on any atom is -0.493 e. The van der Waals surface area contributed by atoms with Crippen LogP contribution >= 0.6 is 15.9 Å². The summed E-state index contributed by atoms with van der Waals surface area (Å²) in [5.74, 6) is -0.247. The number of benzene rings is 3. The van der Waals surface area contributed by atoms with Crippen LogP contribution in [0.2, 0.25) is 0 Å². The second-order valence-electron chi connectivity index (χ2n) is 8.25. The van der Waals surface area contributed by atoms with Crippen molar-refractivity contribution in [1.82, 2.24) is 5.32 Å². The van der Waals surface area contributed by atoms with Gasteiger partial charge in [-0.15, -0.1) is 0 Å². The number of amides is 5. The van der Waals surface area contributed by atoms with E-state index in [-0.39, 0.29) is 24.7 Å². The van der Waals surface area contributed by atoms with E-state index >= 15 is 0 Å². The van der Waals surface area contributed by atoms with Crippen molar-refractivity contribution >= 4 is 57.1 Å². The molecule has 0 bridgehead atoms. The van der Waals surface area contributed by atoms with Crippen LogP contribution in [-0.4, -0.2) is 44.1 Å². The number of hydrogen-bond donors (Lipinski definition) is 2. The Kier molecular flexibility index (Phi) is 8.62. The summed E-state index contributed by atoms with van der Waals surface area (Å²) < 4.78 is 17.6. The van der Waals surface area contributed by atoms with Gasteiger partial charge in [-0.1, -0.05) is 22.0 Å². The summed E-state index contributed by atoms with van der Waals surface area (Å²) in [4.78, 5) is 50.0. The fraction of sp³-hybridized carbons (Fsp3) is 0.143. The Morgan fingerprint density at radius 3 is 2.31 bits per heavy atom. The zero-order chi connectivity index (χ0) is 27.9. The van der Waals surface area contributed by atoms with E-state index in [4.69, 9.17) is 14.2 Å². The van der Waals surface area contributed by atoms with Gasteiger partial charge in [0.15, 0.2) is 11.5 Å². The number of imide groups is 2. The minimum atomic E-state index is -0.823. The third kappa shape index (κ3) is 6.82. The molecule has 5 amide bonds. The topological polar surface area (TPSA) is 123 Å². The van der Waals surface area contributed by atoms with Crippen molar-refractivity contribution in [3.8, 4) is 17.2 Å². The first-order valence-electron chi connectivity index (χ1n) is 11.7. The highest BCUT2D eigenvalue weighted by Crippen LogP contribution is 2.30. The van der Waals surface area contributed by atoms with Crippen LogP contribution in [0.25, 0.3) is 6.08 Å². The normalized spacial score (nSPS) is 14.2. The molecule has 200 valence electrons. The van der Waals surface area contributed by atoms with Gasteiger partial charge >= 0.3 is 6.03 Å². The van der Waals surface area contributed by atoms with Crippen molar-refractivity contribution in [1.29, 1.82) is 0 Å². The summed E-state index contributed by atoms with van der Waals surface area (Å²) in [7, 11) is 1.47. The van der Waals surface area contributed by atoms with Gasteiger partial charge in [-0.05, 0) is 72.3 Å². The number of anilines is 2. The largest absolute Gasteiger partial charge is 0.493 e. The molecule has 4 rings (SSSR count). The van der Waals surface area contributed by atoms with Crippen LogP contribution in [0, 0.1) is 0 Å². The maximum Gasteiger partial charge on any atom is 0.335 e. The van der Waals surface area contributed by atoms with Crippen molar-refractivity contribution in [3.05, 3.63) is 82.3 Å². The molecule has 3 aromatic rings. The number of hydrogen-bond acceptors (Lipinski definition) is 7. The van der Waals surface area contributed by atoms with Crippen molar-refractivity contribution in [2.24, 2.45) is 0 Å². The standard InChI is InChI=1S/C28H24BrN3O7/c1-17(33)30-20-6-10-22(11-7-20)38-13-14-39-24-12-3-18(16-25(24)37-2)15-23-26(34)31-28(36)32(27(23)35)21-8-4-19(29)5-9-21/h3-12,15-16H,13-14H2,1-2H3,(H,30,33)(H,31,34,36)/b23-15-. The van der Waals surface area contributed by atoms with E-state index in [1.807, 2.05) is 0 Å². The molecule has 0 spiro atoms. The molecule has 3 aromatic carbocycles. The van der Waals surface area contributed by atoms with Gasteiger partial charge in [-0.3, -0.25) is 19.7 Å². The molecule has 1 heterocycles. The summed E-state index contributed by atoms with van der Waals surface area (Å²) in [6.45, 7) is 1.91. The van der Waals surface area contributed by atoms with Gasteiger partial charge in [0.25, 0.3) is 11.8 Å². The maximum absolute atomic E-state index is 13.1. The van der Waals surface area contributed by atoms with Crippen molar-refractivity contribution in [2.45, 2.75) is 6.92 Å². The number of carbonyl (C=O) groups excluding carboxylic acids is 4. The Labute approximate surface area is 232 Å². The van der Waals surface area contributed by atoms with Crippen molar-refractivity contribution in [2.75, 3.05) is 30.5 Å². The molecule has 1 saturated heterocycles. The van der Waals surface area contributed by atoms with Crippen LogP contribution < -0.4 is 29.7 Å². The summed E-state index contributed by atoms with van der Waals surface area (Å²) in [5.41, 5.74) is 1.29. The van der Waals surface area contributed by atoms with E-state index in [9.17, 15) is 19.2 Å². The lowest BCUT2D eigenvalue weighted by Gasteiger charge is -2.26. The van der Waals surface area contributed by atoms with E-state index in [1.165, 1.54) is 20.1 Å². The van der Waals surface area contributed by atoms with Crippen LogP contribution in [0.5, 0.6) is 17.2 Å². The Morgan fingerprint density at radius 1 is 0.949 bits per heavy atom. The van der Waals surface area contributed by atoms with Gasteiger partial charge in [0.1, 0.15) is 24.5 Å². The molecule has 1 fully saturated rings. The molecule has 39 heavy (non-hydrogen) atoms. The molecular formula is C28H24BrN3O7. The average molecular weight is 594 g/mol. The van der Waals surface area contributed by atoms with Crippen molar-refractivity contribution < 1.29 is 33.4 Å². The fourth-order valence-corrected chi connectivity index (χ4v) is 3.96. The number of ether oxygens (including phenoxy) is 3. The van der Waals surface area contributed by atoms with Gasteiger partial charge in [0.05, 0.1) is 12.8 Å². The number of halogens is 1. The number of rotatable bonds is 9. The fourth-order valence-electron chi connectivity index (χ4n) is 3.69. The molecule has 10 nitrogen and oxygen atoms in total. The molecule has 0 saturated carbocycles. The molecule has 0 aliphatic carbocycles. The number of nitrogens with one attached hydrogen (secondary N) is 2. The predicted molar refractivity (Wildman–Crippen MR) is 148 cm³/mol. The monoisotopic (exact) mass is 593 g/mol. The van der Waals surface area contributed by atoms with Crippen LogP contribution in [0.3, 0.4) is 0 Å². The molecule has 1 aliphatic heterocycles. The summed E-state index contributed by atoms with van der Waals surface area (Å²) in [6, 6.07) is 17.6. The smallest absolute Gasteiger partial charge is 0.335 e. The first kappa shape index (κ1) is 27.4. The van der Waals surface area contributed by atoms with E-state index in [0.717, 1.165) is 9.37 Å². The van der Waals surface area contributed by atoms with Crippen LogP contribution in [-0.2, 0) is 14.4 Å². The van der Waals surface area contributed by atoms with Gasteiger partial charge in [0.2, 0.25) is 5.91 Å². The zero-order valence-corrected chi connectivity index (χ0v) is 22.6. The maximum atomic E-state index is 13.1. The molecular weight excluding hydrogens is 570 g/mol. The number of methoxy groups -OCH3 is 1. The van der Waals surface area contributed by atoms with E-state index in [1.54, 1.807) is 66.7 Å². The minimum absolute atomic E-state index is 0.153. The second kappa shape index (κ2) is 12.3. The number of carbonyl (C=O) groups is 4.